The molecular weight excluding hydrogens is 140 g/mol. The van der Waals surface area contributed by atoms with E-state index in [9.17, 15) is 9.59 Å². The molecule has 0 spiro atoms. The van der Waals surface area contributed by atoms with Crippen molar-refractivity contribution in [3.8, 4) is 0 Å². The van der Waals surface area contributed by atoms with Crippen molar-refractivity contribution in [2.45, 2.75) is 39.0 Å². The minimum atomic E-state index is -0.183. The van der Waals surface area contributed by atoms with Crippen molar-refractivity contribution in [1.29, 1.82) is 0 Å². The van der Waals surface area contributed by atoms with E-state index in [4.69, 9.17) is 0 Å². The van der Waals surface area contributed by atoms with E-state index in [0.29, 0.717) is 6.42 Å². The van der Waals surface area contributed by atoms with Crippen LogP contribution in [0, 0.1) is 5.92 Å². The van der Waals surface area contributed by atoms with Crippen molar-refractivity contribution >= 4 is 11.6 Å². The average molecular weight is 154 g/mol. The summed E-state index contributed by atoms with van der Waals surface area (Å²) in [5.74, 6) is -0.232. The van der Waals surface area contributed by atoms with E-state index >= 15 is 0 Å². The average Bonchev–Trinajstić information content (AvgIpc) is 2.53. The molecule has 1 rings (SSSR count). The third-order valence-corrected chi connectivity index (χ3v) is 2.32. The van der Waals surface area contributed by atoms with Crippen LogP contribution in [0.2, 0.25) is 0 Å². The molecule has 0 bridgehead atoms. The number of hydrogen-bond acceptors (Lipinski definition) is 2. The number of Topliss-reactive ketones (excluding diaryl/α,β-unsaturated/α-hetero) is 2. The molecule has 0 unspecified atom stereocenters. The van der Waals surface area contributed by atoms with Gasteiger partial charge in [0.2, 0.25) is 5.78 Å². The van der Waals surface area contributed by atoms with Crippen LogP contribution in [0.5, 0.6) is 0 Å². The molecule has 0 N–H and O–H groups in total. The molecule has 0 aromatic carbocycles. The highest BCUT2D eigenvalue weighted by Crippen LogP contribution is 2.25. The van der Waals surface area contributed by atoms with Crippen molar-refractivity contribution in [3.05, 3.63) is 0 Å². The molecular formula is C9H14O2. The summed E-state index contributed by atoms with van der Waals surface area (Å²) in [5, 5.41) is 0. The molecule has 2 nitrogen and oxygen atoms in total. The zero-order valence-corrected chi connectivity index (χ0v) is 6.93. The molecule has 2 heteroatoms. The predicted molar refractivity (Wildman–Crippen MR) is 42.3 cm³/mol. The van der Waals surface area contributed by atoms with Crippen LogP contribution < -0.4 is 0 Å². The predicted octanol–water partition coefficient (Wildman–Crippen LogP) is 1.72. The molecule has 0 heterocycles. The number of rotatable bonds is 3. The second kappa shape index (κ2) is 3.65. The maximum atomic E-state index is 11.2. The maximum Gasteiger partial charge on any atom is 0.201 e. The summed E-state index contributed by atoms with van der Waals surface area (Å²) >= 11 is 0. The molecule has 0 aromatic heterocycles. The summed E-state index contributed by atoms with van der Waals surface area (Å²) in [5.41, 5.74) is 0. The Bertz CT molecular complexity index is 166. The second-order valence-electron chi connectivity index (χ2n) is 3.12. The van der Waals surface area contributed by atoms with Gasteiger partial charge in [-0.3, -0.25) is 9.59 Å². The molecule has 62 valence electrons. The van der Waals surface area contributed by atoms with Crippen LogP contribution in [-0.4, -0.2) is 11.6 Å². The van der Waals surface area contributed by atoms with Gasteiger partial charge in [-0.05, 0) is 12.8 Å². The van der Waals surface area contributed by atoms with Gasteiger partial charge in [-0.2, -0.15) is 0 Å². The fourth-order valence-corrected chi connectivity index (χ4v) is 1.59. The van der Waals surface area contributed by atoms with E-state index in [1.165, 1.54) is 0 Å². The van der Waals surface area contributed by atoms with Crippen LogP contribution in [0.4, 0.5) is 0 Å². The van der Waals surface area contributed by atoms with Crippen molar-refractivity contribution in [1.82, 2.24) is 0 Å². The summed E-state index contributed by atoms with van der Waals surface area (Å²) < 4.78 is 0. The Balaban J connectivity index is 2.46. The summed E-state index contributed by atoms with van der Waals surface area (Å²) in [6.07, 6.45) is 4.48. The molecule has 1 aliphatic carbocycles. The minimum Gasteiger partial charge on any atom is -0.291 e. The van der Waals surface area contributed by atoms with Crippen LogP contribution in [-0.2, 0) is 9.59 Å². The van der Waals surface area contributed by atoms with Crippen molar-refractivity contribution < 1.29 is 9.59 Å². The summed E-state index contributed by atoms with van der Waals surface area (Å²) in [7, 11) is 0. The van der Waals surface area contributed by atoms with Crippen LogP contribution in [0.25, 0.3) is 0 Å². The van der Waals surface area contributed by atoms with Gasteiger partial charge in [0.15, 0.2) is 5.78 Å². The lowest BCUT2D eigenvalue weighted by molar-refractivity contribution is -0.138. The smallest absolute Gasteiger partial charge is 0.201 e. The molecule has 11 heavy (non-hydrogen) atoms. The largest absolute Gasteiger partial charge is 0.291 e. The first kappa shape index (κ1) is 8.44. The Labute approximate surface area is 67.0 Å². The molecule has 0 aliphatic heterocycles. The SMILES string of the molecule is CCC(=O)C(=O)C1CCCC1. The summed E-state index contributed by atoms with van der Waals surface area (Å²) in [6.45, 7) is 1.75. The van der Waals surface area contributed by atoms with Crippen molar-refractivity contribution in [2.24, 2.45) is 5.92 Å². The van der Waals surface area contributed by atoms with E-state index in [-0.39, 0.29) is 17.5 Å². The molecule has 0 atom stereocenters. The molecule has 0 radical (unpaired) electrons. The van der Waals surface area contributed by atoms with Gasteiger partial charge in [0.25, 0.3) is 0 Å². The van der Waals surface area contributed by atoms with Gasteiger partial charge in [0.1, 0.15) is 0 Å². The van der Waals surface area contributed by atoms with Gasteiger partial charge in [-0.15, -0.1) is 0 Å². The molecule has 0 amide bonds. The highest BCUT2D eigenvalue weighted by Gasteiger charge is 2.26. The van der Waals surface area contributed by atoms with Crippen LogP contribution >= 0.6 is 0 Å². The zero-order chi connectivity index (χ0) is 8.27. The van der Waals surface area contributed by atoms with Gasteiger partial charge in [-0.25, -0.2) is 0 Å². The Hall–Kier alpha value is -0.660. The van der Waals surface area contributed by atoms with Gasteiger partial charge >= 0.3 is 0 Å². The van der Waals surface area contributed by atoms with Gasteiger partial charge in [-0.1, -0.05) is 19.8 Å². The fraction of sp³-hybridized carbons (Fsp3) is 0.778. The Morgan fingerprint density at radius 2 is 1.82 bits per heavy atom. The molecule has 0 aromatic rings. The lowest BCUT2D eigenvalue weighted by Gasteiger charge is -2.03. The Morgan fingerprint density at radius 1 is 1.27 bits per heavy atom. The molecule has 1 aliphatic rings. The standard InChI is InChI=1S/C9H14O2/c1-2-8(10)9(11)7-5-3-4-6-7/h7H,2-6H2,1H3. The lowest BCUT2D eigenvalue weighted by Crippen LogP contribution is -2.20. The topological polar surface area (TPSA) is 34.1 Å². The van der Waals surface area contributed by atoms with Crippen molar-refractivity contribution in [2.75, 3.05) is 0 Å². The highest BCUT2D eigenvalue weighted by molar-refractivity contribution is 6.37. The summed E-state index contributed by atoms with van der Waals surface area (Å²) in [4.78, 5) is 22.2. The van der Waals surface area contributed by atoms with Gasteiger partial charge in [0.05, 0.1) is 0 Å². The van der Waals surface area contributed by atoms with E-state index in [1.807, 2.05) is 0 Å². The highest BCUT2D eigenvalue weighted by atomic mass is 16.2. The number of carbonyl (C=O) groups is 2. The van der Waals surface area contributed by atoms with Gasteiger partial charge < -0.3 is 0 Å². The first-order chi connectivity index (χ1) is 5.25. The number of hydrogen-bond donors (Lipinski definition) is 0. The van der Waals surface area contributed by atoms with E-state index in [0.717, 1.165) is 25.7 Å². The first-order valence-corrected chi connectivity index (χ1v) is 4.32. The van der Waals surface area contributed by atoms with Crippen LogP contribution in [0.15, 0.2) is 0 Å². The van der Waals surface area contributed by atoms with Crippen LogP contribution in [0.1, 0.15) is 39.0 Å². The molecule has 1 saturated carbocycles. The monoisotopic (exact) mass is 154 g/mol. The quantitative estimate of drug-likeness (QED) is 0.580. The Morgan fingerprint density at radius 3 is 2.27 bits per heavy atom. The number of carbonyl (C=O) groups excluding carboxylic acids is 2. The third-order valence-electron chi connectivity index (χ3n) is 2.32. The normalized spacial score (nSPS) is 18.6. The van der Waals surface area contributed by atoms with Crippen molar-refractivity contribution in [3.63, 3.8) is 0 Å². The van der Waals surface area contributed by atoms with E-state index in [2.05, 4.69) is 0 Å². The van der Waals surface area contributed by atoms with Crippen LogP contribution in [0.3, 0.4) is 0 Å². The third kappa shape index (κ3) is 1.88. The minimum absolute atomic E-state index is 0.0717. The zero-order valence-electron chi connectivity index (χ0n) is 6.93. The first-order valence-electron chi connectivity index (χ1n) is 4.32. The van der Waals surface area contributed by atoms with Gasteiger partial charge in [0, 0.05) is 12.3 Å². The molecule has 0 saturated heterocycles. The van der Waals surface area contributed by atoms with E-state index in [1.54, 1.807) is 6.92 Å². The number of ketones is 2. The fourth-order valence-electron chi connectivity index (χ4n) is 1.59. The summed E-state index contributed by atoms with van der Waals surface area (Å²) in [6, 6.07) is 0. The lowest BCUT2D eigenvalue weighted by atomic mass is 9.98. The Kier molecular flexibility index (Phi) is 2.80. The molecule has 1 fully saturated rings. The maximum absolute atomic E-state index is 11.2. The van der Waals surface area contributed by atoms with E-state index < -0.39 is 0 Å². The second-order valence-corrected chi connectivity index (χ2v) is 3.12.